The highest BCUT2D eigenvalue weighted by atomic mass is 32.1. The molecule has 55 heavy (non-hydrogen) atoms. The Morgan fingerprint density at radius 1 is 0.564 bits per heavy atom. The first-order chi connectivity index (χ1) is 26.6. The van der Waals surface area contributed by atoms with Crippen LogP contribution < -0.4 is 20.7 Å². The van der Waals surface area contributed by atoms with E-state index in [-0.39, 0.29) is 11.0 Å². The Bertz CT molecular complexity index is 3000. The van der Waals surface area contributed by atoms with Gasteiger partial charge in [0.1, 0.15) is 22.7 Å². The molecule has 272 valence electrons. The topological polar surface area (TPSA) is 78.9 Å². The number of methoxy groups -OCH3 is 2. The van der Waals surface area contributed by atoms with Gasteiger partial charge in [-0.15, -0.1) is 22.7 Å². The van der Waals surface area contributed by atoms with E-state index in [1.54, 1.807) is 49.0 Å². The van der Waals surface area contributed by atoms with Crippen molar-refractivity contribution in [2.75, 3.05) is 14.2 Å². The molecule has 6 nitrogen and oxygen atoms in total. The van der Waals surface area contributed by atoms with Gasteiger partial charge in [-0.1, -0.05) is 81.5 Å². The van der Waals surface area contributed by atoms with Gasteiger partial charge >= 0.3 is 11.3 Å². The maximum absolute atomic E-state index is 13.2. The van der Waals surface area contributed by atoms with Gasteiger partial charge < -0.3 is 18.3 Å². The Morgan fingerprint density at radius 3 is 1.96 bits per heavy atom. The summed E-state index contributed by atoms with van der Waals surface area (Å²) < 4.78 is 22.5. The van der Waals surface area contributed by atoms with Gasteiger partial charge in [0.2, 0.25) is 0 Å². The second-order valence-electron chi connectivity index (χ2n) is 14.8. The van der Waals surface area contributed by atoms with Gasteiger partial charge in [-0.25, -0.2) is 9.59 Å². The fourth-order valence-electron chi connectivity index (χ4n) is 7.23. The van der Waals surface area contributed by atoms with Gasteiger partial charge in [0, 0.05) is 37.0 Å². The van der Waals surface area contributed by atoms with Crippen molar-refractivity contribution in [3.63, 3.8) is 0 Å². The van der Waals surface area contributed by atoms with Crippen LogP contribution in [0.4, 0.5) is 0 Å². The Hall–Kier alpha value is -5.96. The Labute approximate surface area is 325 Å². The smallest absolute Gasteiger partial charge is 0.344 e. The van der Waals surface area contributed by atoms with Crippen molar-refractivity contribution in [2.24, 2.45) is 0 Å². The largest absolute Gasteiger partial charge is 0.496 e. The minimum atomic E-state index is -0.390. The maximum atomic E-state index is 13.2. The summed E-state index contributed by atoms with van der Waals surface area (Å²) in [6, 6.07) is 34.5. The minimum absolute atomic E-state index is 0.0406. The Morgan fingerprint density at radius 2 is 1.22 bits per heavy atom. The summed E-state index contributed by atoms with van der Waals surface area (Å²) in [5.74, 6) is 1.14. The molecule has 1 aliphatic carbocycles. The van der Waals surface area contributed by atoms with Crippen LogP contribution in [-0.4, -0.2) is 14.2 Å². The third-order valence-corrected chi connectivity index (χ3v) is 12.8. The lowest BCUT2D eigenvalue weighted by Gasteiger charge is -2.19. The van der Waals surface area contributed by atoms with Gasteiger partial charge in [0.15, 0.2) is 0 Å². The number of hydrogen-bond acceptors (Lipinski definition) is 8. The van der Waals surface area contributed by atoms with E-state index in [0.717, 1.165) is 53.6 Å². The quantitative estimate of drug-likeness (QED) is 0.119. The molecule has 0 amide bonds. The molecule has 0 N–H and O–H groups in total. The van der Waals surface area contributed by atoms with Gasteiger partial charge in [0.05, 0.1) is 30.7 Å². The van der Waals surface area contributed by atoms with Gasteiger partial charge in [0.25, 0.3) is 0 Å². The summed E-state index contributed by atoms with van der Waals surface area (Å²) in [6.07, 6.45) is 4.71. The van der Waals surface area contributed by atoms with Gasteiger partial charge in [-0.05, 0) is 92.9 Å². The number of thiophene rings is 2. The molecule has 4 heterocycles. The highest BCUT2D eigenvalue weighted by molar-refractivity contribution is 7.24. The average Bonchev–Trinajstić information content (AvgIpc) is 3.98. The Balaban J connectivity index is 0.931. The van der Waals surface area contributed by atoms with Gasteiger partial charge in [-0.3, -0.25) is 0 Å². The molecular weight excluding hydrogens is 725 g/mol. The molecule has 4 aromatic heterocycles. The lowest BCUT2D eigenvalue weighted by molar-refractivity contribution is 0.396. The van der Waals surface area contributed by atoms with Gasteiger partial charge in [-0.2, -0.15) is 0 Å². The van der Waals surface area contributed by atoms with E-state index in [0.29, 0.717) is 40.2 Å². The average molecular weight is 761 g/mol. The summed E-state index contributed by atoms with van der Waals surface area (Å²) in [6.45, 7) is 6.63. The van der Waals surface area contributed by atoms with Crippen LogP contribution in [-0.2, 0) is 5.41 Å². The van der Waals surface area contributed by atoms with E-state index in [4.69, 9.17) is 18.3 Å². The predicted molar refractivity (Wildman–Crippen MR) is 227 cm³/mol. The van der Waals surface area contributed by atoms with Crippen LogP contribution in [0.1, 0.15) is 43.2 Å². The van der Waals surface area contributed by atoms with Crippen LogP contribution in [0, 0.1) is 0 Å². The molecule has 0 saturated heterocycles. The van der Waals surface area contributed by atoms with E-state index in [2.05, 4.69) is 81.4 Å². The highest BCUT2D eigenvalue weighted by Gasteiger charge is 2.21. The zero-order valence-electron chi connectivity index (χ0n) is 30.9. The fraction of sp³-hybridized carbons (Fsp3) is 0.149. The minimum Gasteiger partial charge on any atom is -0.496 e. The highest BCUT2D eigenvalue weighted by Crippen LogP contribution is 2.43. The number of hydrogen-bond donors (Lipinski definition) is 0. The molecule has 1 aliphatic rings. The molecule has 0 unspecified atom stereocenters. The van der Waals surface area contributed by atoms with Crippen molar-refractivity contribution in [3.8, 4) is 42.8 Å². The van der Waals surface area contributed by atoms with Crippen LogP contribution in [0.5, 0.6) is 11.5 Å². The zero-order chi connectivity index (χ0) is 38.0. The molecule has 8 heteroatoms. The van der Waals surface area contributed by atoms with Crippen LogP contribution in [0.2, 0.25) is 0 Å². The van der Waals surface area contributed by atoms with E-state index < -0.39 is 5.63 Å². The number of ether oxygens (including phenoxy) is 2. The summed E-state index contributed by atoms with van der Waals surface area (Å²) in [5, 5.41) is 3.84. The predicted octanol–water partition coefficient (Wildman–Crippen LogP) is 12.4. The van der Waals surface area contributed by atoms with Crippen LogP contribution >= 0.6 is 22.7 Å². The normalized spacial score (nSPS) is 13.1. The summed E-state index contributed by atoms with van der Waals surface area (Å²) in [5.41, 5.74) is 6.61. The SMILES string of the molecule is COc1cc(OC)c2cc(C3=CC=C(c4ccc(-c5ccc(-c6ccc(-c7cc8c(ccc9cc(C(C)(C)C)ccc98)oc7=O)cc6)s5)s4)C3)c(=O)oc2c1. The molecule has 8 aromatic rings. The van der Waals surface area contributed by atoms with Crippen molar-refractivity contribution >= 4 is 66.5 Å². The molecule has 0 radical (unpaired) electrons. The lowest BCUT2D eigenvalue weighted by Crippen LogP contribution is -2.10. The van der Waals surface area contributed by atoms with Crippen molar-refractivity contribution < 1.29 is 18.3 Å². The van der Waals surface area contributed by atoms with Crippen LogP contribution in [0.15, 0.2) is 134 Å². The third-order valence-electron chi connectivity index (χ3n) is 10.3. The summed E-state index contributed by atoms with van der Waals surface area (Å²) in [7, 11) is 3.15. The lowest BCUT2D eigenvalue weighted by atomic mass is 9.85. The number of allylic oxidation sites excluding steroid dienone is 4. The fourth-order valence-corrected chi connectivity index (χ4v) is 9.36. The van der Waals surface area contributed by atoms with Crippen molar-refractivity contribution in [1.82, 2.24) is 0 Å². The van der Waals surface area contributed by atoms with E-state index >= 15 is 0 Å². The van der Waals surface area contributed by atoms with Crippen LogP contribution in [0.25, 0.3) is 75.2 Å². The first-order valence-electron chi connectivity index (χ1n) is 18.0. The van der Waals surface area contributed by atoms with Crippen molar-refractivity contribution in [1.29, 1.82) is 0 Å². The number of benzene rings is 4. The monoisotopic (exact) mass is 760 g/mol. The van der Waals surface area contributed by atoms with Crippen molar-refractivity contribution in [2.45, 2.75) is 32.6 Å². The molecule has 0 saturated carbocycles. The third kappa shape index (κ3) is 6.31. The molecule has 4 aromatic carbocycles. The molecule has 0 atom stereocenters. The van der Waals surface area contributed by atoms with E-state index in [1.165, 1.54) is 15.3 Å². The molecule has 0 spiro atoms. The number of rotatable bonds is 7. The molecule has 0 bridgehead atoms. The van der Waals surface area contributed by atoms with Crippen molar-refractivity contribution in [3.05, 3.63) is 152 Å². The molecule has 0 aliphatic heterocycles. The van der Waals surface area contributed by atoms with Crippen LogP contribution in [0.3, 0.4) is 0 Å². The summed E-state index contributed by atoms with van der Waals surface area (Å²) in [4.78, 5) is 30.9. The number of fused-ring (bicyclic) bond motifs is 4. The molecule has 9 rings (SSSR count). The summed E-state index contributed by atoms with van der Waals surface area (Å²) >= 11 is 3.47. The standard InChI is InChI=1S/C47H36O6S2/c1-47(2,3)31-13-14-33-29(21-31)12-15-38-36(33)24-34(45(48)52-38)26-6-8-27(9-7-26)41-16-18-43(54-41)44-19-17-42(55-44)30-11-10-28(20-30)35-25-37-39(51-5)22-32(50-4)23-40(37)53-46(35)49/h6-19,21-25H,20H2,1-5H3. The first-order valence-corrected chi connectivity index (χ1v) is 19.6. The van der Waals surface area contributed by atoms with E-state index in [1.807, 2.05) is 42.5 Å². The maximum Gasteiger partial charge on any atom is 0.344 e. The molecular formula is C47H36O6S2. The first kappa shape index (κ1) is 34.8. The molecule has 0 fully saturated rings. The second-order valence-corrected chi connectivity index (χ2v) is 16.9. The zero-order valence-corrected chi connectivity index (χ0v) is 32.6. The second kappa shape index (κ2) is 13.4. The Kier molecular flexibility index (Phi) is 8.48. The van der Waals surface area contributed by atoms with E-state index in [9.17, 15) is 9.59 Å².